The maximum absolute atomic E-state index is 14.5. The van der Waals surface area contributed by atoms with Gasteiger partial charge in [0.1, 0.15) is 18.4 Å². The Hall–Kier alpha value is -2.36. The molecular weight excluding hydrogens is 516 g/mol. The number of amides is 2. The van der Waals surface area contributed by atoms with Crippen molar-refractivity contribution < 1.29 is 22.4 Å². The monoisotopic (exact) mass is 545 g/mol. The number of rotatable bonds is 11. The van der Waals surface area contributed by atoms with Gasteiger partial charge < -0.3 is 10.2 Å². The molecule has 1 N–H and O–H groups in total. The van der Waals surface area contributed by atoms with E-state index in [9.17, 15) is 22.4 Å². The molecule has 0 aliphatic heterocycles. The molecule has 2 aromatic rings. The van der Waals surface area contributed by atoms with Crippen molar-refractivity contribution in [3.05, 3.63) is 63.9 Å². The van der Waals surface area contributed by atoms with Crippen LogP contribution in [0.4, 0.5) is 10.1 Å². The summed E-state index contributed by atoms with van der Waals surface area (Å²) in [6, 6.07) is 9.12. The zero-order valence-electron chi connectivity index (χ0n) is 20.1. The first-order valence-corrected chi connectivity index (χ1v) is 13.7. The number of nitrogens with zero attached hydrogens (tertiary/aromatic N) is 2. The fourth-order valence-corrected chi connectivity index (χ4v) is 4.74. The number of nitrogens with one attached hydrogen (secondary N) is 1. The summed E-state index contributed by atoms with van der Waals surface area (Å²) >= 11 is 12.3. The summed E-state index contributed by atoms with van der Waals surface area (Å²) in [7, 11) is -4.03. The predicted octanol–water partition coefficient (Wildman–Crippen LogP) is 4.48. The lowest BCUT2D eigenvalue weighted by Crippen LogP contribution is -2.52. The number of sulfonamides is 1. The zero-order chi connectivity index (χ0) is 26.3. The van der Waals surface area contributed by atoms with Gasteiger partial charge in [0.05, 0.1) is 11.9 Å². The summed E-state index contributed by atoms with van der Waals surface area (Å²) in [5, 5.41) is 3.52. The highest BCUT2D eigenvalue weighted by molar-refractivity contribution is 7.92. The number of benzene rings is 2. The molecule has 35 heavy (non-hydrogen) atoms. The van der Waals surface area contributed by atoms with Crippen LogP contribution in [0.1, 0.15) is 32.8 Å². The average molecular weight is 546 g/mol. The smallest absolute Gasteiger partial charge is 0.244 e. The SMILES string of the molecule is CCC(C(=O)NCC(C)C)N(Cc1ccc(Cl)cc1Cl)C(=O)CN(c1ccccc1F)S(C)(=O)=O. The van der Waals surface area contributed by atoms with Crippen LogP contribution in [0, 0.1) is 11.7 Å². The van der Waals surface area contributed by atoms with Crippen LogP contribution in [0.5, 0.6) is 0 Å². The lowest BCUT2D eigenvalue weighted by molar-refractivity contribution is -0.140. The van der Waals surface area contributed by atoms with Crippen molar-refractivity contribution in [2.24, 2.45) is 5.92 Å². The van der Waals surface area contributed by atoms with Crippen LogP contribution >= 0.6 is 23.2 Å². The van der Waals surface area contributed by atoms with Crippen molar-refractivity contribution in [1.82, 2.24) is 10.2 Å². The molecule has 0 spiro atoms. The molecule has 2 rings (SSSR count). The van der Waals surface area contributed by atoms with Gasteiger partial charge in [-0.05, 0) is 42.2 Å². The second-order valence-corrected chi connectivity index (χ2v) is 11.3. The van der Waals surface area contributed by atoms with Crippen LogP contribution < -0.4 is 9.62 Å². The fraction of sp³-hybridized carbons (Fsp3) is 0.417. The largest absolute Gasteiger partial charge is 0.354 e. The number of para-hydroxylation sites is 1. The zero-order valence-corrected chi connectivity index (χ0v) is 22.4. The molecular formula is C24H30Cl2FN3O4S. The minimum atomic E-state index is -4.03. The summed E-state index contributed by atoms with van der Waals surface area (Å²) in [4.78, 5) is 27.8. The van der Waals surface area contributed by atoms with Gasteiger partial charge in [0.2, 0.25) is 21.8 Å². The van der Waals surface area contributed by atoms with E-state index in [-0.39, 0.29) is 30.5 Å². The molecule has 0 fully saturated rings. The third-order valence-corrected chi connectivity index (χ3v) is 6.94. The van der Waals surface area contributed by atoms with Crippen molar-refractivity contribution in [1.29, 1.82) is 0 Å². The van der Waals surface area contributed by atoms with Gasteiger partial charge in [0.15, 0.2) is 0 Å². The predicted molar refractivity (Wildman–Crippen MR) is 138 cm³/mol. The highest BCUT2D eigenvalue weighted by Gasteiger charge is 2.32. The van der Waals surface area contributed by atoms with Crippen molar-refractivity contribution in [2.45, 2.75) is 39.8 Å². The molecule has 1 unspecified atom stereocenters. The van der Waals surface area contributed by atoms with Gasteiger partial charge in [0, 0.05) is 23.1 Å². The van der Waals surface area contributed by atoms with Crippen molar-refractivity contribution >= 4 is 50.7 Å². The van der Waals surface area contributed by atoms with Crippen molar-refractivity contribution in [3.63, 3.8) is 0 Å². The van der Waals surface area contributed by atoms with E-state index in [1.165, 1.54) is 29.2 Å². The molecule has 11 heteroatoms. The van der Waals surface area contributed by atoms with Gasteiger partial charge in [-0.1, -0.05) is 62.2 Å². The molecule has 0 radical (unpaired) electrons. The van der Waals surface area contributed by atoms with Crippen LogP contribution in [0.2, 0.25) is 10.0 Å². The molecule has 0 aliphatic carbocycles. The second-order valence-electron chi connectivity index (χ2n) is 8.54. The number of halogens is 3. The number of hydrogen-bond acceptors (Lipinski definition) is 4. The number of hydrogen-bond donors (Lipinski definition) is 1. The first-order valence-electron chi connectivity index (χ1n) is 11.1. The van der Waals surface area contributed by atoms with Gasteiger partial charge in [-0.2, -0.15) is 0 Å². The average Bonchev–Trinajstić information content (AvgIpc) is 2.77. The summed E-state index contributed by atoms with van der Waals surface area (Å²) in [5.74, 6) is -1.67. The lowest BCUT2D eigenvalue weighted by Gasteiger charge is -2.33. The Morgan fingerprint density at radius 3 is 2.31 bits per heavy atom. The Morgan fingerprint density at radius 1 is 1.11 bits per heavy atom. The van der Waals surface area contributed by atoms with Gasteiger partial charge in [-0.15, -0.1) is 0 Å². The molecule has 1 atom stereocenters. The van der Waals surface area contributed by atoms with E-state index in [0.29, 0.717) is 26.5 Å². The van der Waals surface area contributed by atoms with E-state index in [1.807, 2.05) is 13.8 Å². The number of carbonyl (C=O) groups excluding carboxylic acids is 2. The Kier molecular flexibility index (Phi) is 10.4. The molecule has 2 aromatic carbocycles. The number of carbonyl (C=O) groups is 2. The van der Waals surface area contributed by atoms with Crippen molar-refractivity contribution in [3.8, 4) is 0 Å². The van der Waals surface area contributed by atoms with Crippen LogP contribution in [0.15, 0.2) is 42.5 Å². The fourth-order valence-electron chi connectivity index (χ4n) is 3.42. The van der Waals surface area contributed by atoms with Crippen LogP contribution in [0.3, 0.4) is 0 Å². The summed E-state index contributed by atoms with van der Waals surface area (Å²) in [6.45, 7) is 5.26. The van der Waals surface area contributed by atoms with Gasteiger partial charge in [0.25, 0.3) is 0 Å². The number of anilines is 1. The van der Waals surface area contributed by atoms with E-state index in [0.717, 1.165) is 12.3 Å². The second kappa shape index (κ2) is 12.6. The van der Waals surface area contributed by atoms with E-state index >= 15 is 0 Å². The van der Waals surface area contributed by atoms with Gasteiger partial charge >= 0.3 is 0 Å². The maximum atomic E-state index is 14.5. The molecule has 0 aromatic heterocycles. The van der Waals surface area contributed by atoms with Gasteiger partial charge in [-0.3, -0.25) is 13.9 Å². The van der Waals surface area contributed by atoms with E-state index in [2.05, 4.69) is 5.32 Å². The summed E-state index contributed by atoms with van der Waals surface area (Å²) in [6.07, 6.45) is 1.15. The van der Waals surface area contributed by atoms with Crippen LogP contribution in [-0.2, 0) is 26.2 Å². The van der Waals surface area contributed by atoms with E-state index < -0.39 is 34.3 Å². The molecule has 7 nitrogen and oxygen atoms in total. The van der Waals surface area contributed by atoms with Crippen LogP contribution in [0.25, 0.3) is 0 Å². The maximum Gasteiger partial charge on any atom is 0.244 e. The van der Waals surface area contributed by atoms with E-state index in [4.69, 9.17) is 23.2 Å². The highest BCUT2D eigenvalue weighted by Crippen LogP contribution is 2.25. The topological polar surface area (TPSA) is 86.8 Å². The standard InChI is InChI=1S/C24H30Cl2FN3O4S/c1-5-21(24(32)28-13-16(2)3)29(14-17-10-11-18(25)12-19(17)26)23(31)15-30(35(4,33)34)22-9-7-6-8-20(22)27/h6-12,16,21H,5,13-15H2,1-4H3,(H,28,32). The highest BCUT2D eigenvalue weighted by atomic mass is 35.5. The summed E-state index contributed by atoms with van der Waals surface area (Å²) in [5.41, 5.74) is 0.265. The Bertz CT molecular complexity index is 1160. The van der Waals surface area contributed by atoms with Gasteiger partial charge in [-0.25, -0.2) is 12.8 Å². The molecule has 0 heterocycles. The molecule has 0 saturated carbocycles. The first kappa shape index (κ1) is 28.9. The molecule has 0 bridgehead atoms. The summed E-state index contributed by atoms with van der Waals surface area (Å²) < 4.78 is 40.2. The Labute approximate surface area is 216 Å². The Morgan fingerprint density at radius 2 is 1.77 bits per heavy atom. The third-order valence-electron chi connectivity index (χ3n) is 5.23. The normalized spacial score (nSPS) is 12.3. The minimum absolute atomic E-state index is 0.0721. The van der Waals surface area contributed by atoms with E-state index in [1.54, 1.807) is 19.1 Å². The minimum Gasteiger partial charge on any atom is -0.354 e. The molecule has 192 valence electrons. The van der Waals surface area contributed by atoms with Crippen molar-refractivity contribution in [2.75, 3.05) is 23.7 Å². The van der Waals surface area contributed by atoms with Crippen LogP contribution in [-0.4, -0.2) is 50.5 Å². The quantitative estimate of drug-likeness (QED) is 0.451. The lowest BCUT2D eigenvalue weighted by atomic mass is 10.1. The molecule has 0 aliphatic rings. The molecule has 0 saturated heterocycles. The third kappa shape index (κ3) is 8.08. The first-order chi connectivity index (χ1) is 16.3. The molecule has 2 amide bonds. The Balaban J connectivity index is 2.47.